The Morgan fingerprint density at radius 3 is 2.17 bits per heavy atom. The molecule has 3 aromatic carbocycles. The molecule has 3 amide bonds. The van der Waals surface area contributed by atoms with Crippen LogP contribution in [0.15, 0.2) is 72.8 Å². The summed E-state index contributed by atoms with van der Waals surface area (Å²) in [7, 11) is 0. The molecule has 0 aromatic heterocycles. The highest BCUT2D eigenvalue weighted by molar-refractivity contribution is 6.00. The van der Waals surface area contributed by atoms with Crippen molar-refractivity contribution in [3.05, 3.63) is 101 Å². The van der Waals surface area contributed by atoms with Crippen LogP contribution in [0, 0.1) is 33.2 Å². The number of nitrogens with one attached hydrogen (secondary N) is 2. The maximum absolute atomic E-state index is 14.1. The Bertz CT molecular complexity index is 1400. The molecule has 0 radical (unpaired) electrons. The topological polar surface area (TPSA) is 87.7 Å². The number of aryl methyl sites for hydroxylation is 3. The van der Waals surface area contributed by atoms with Crippen LogP contribution < -0.4 is 10.6 Å². The van der Waals surface area contributed by atoms with E-state index in [1.54, 1.807) is 32.9 Å². The molecule has 7 heteroatoms. The van der Waals surface area contributed by atoms with Crippen molar-refractivity contribution >= 4 is 23.6 Å². The van der Waals surface area contributed by atoms with Crippen molar-refractivity contribution in [3.8, 4) is 12.5 Å². The molecule has 0 aliphatic carbocycles. The summed E-state index contributed by atoms with van der Waals surface area (Å²) in [6.45, 7) is 10.9. The molecule has 0 saturated carbocycles. The van der Waals surface area contributed by atoms with Crippen molar-refractivity contribution in [2.75, 3.05) is 5.32 Å². The number of nitrogens with zero attached hydrogens (tertiary/aromatic N) is 1. The number of amides is 3. The van der Waals surface area contributed by atoms with Crippen LogP contribution in [-0.2, 0) is 20.7 Å². The number of anilines is 1. The van der Waals surface area contributed by atoms with Gasteiger partial charge < -0.3 is 15.4 Å². The lowest BCUT2D eigenvalue weighted by atomic mass is 9.96. The molecule has 3 rings (SSSR count). The molecule has 0 fully saturated rings. The molecule has 3 aromatic rings. The molecule has 208 valence electrons. The lowest BCUT2D eigenvalue weighted by molar-refractivity contribution is -0.136. The Kier molecular flexibility index (Phi) is 9.73. The van der Waals surface area contributed by atoms with Gasteiger partial charge in [0.05, 0.1) is 0 Å². The smallest absolute Gasteiger partial charge is 0.408 e. The van der Waals surface area contributed by atoms with Crippen molar-refractivity contribution in [1.29, 1.82) is 0 Å². The fourth-order valence-electron chi connectivity index (χ4n) is 4.38. The van der Waals surface area contributed by atoms with Crippen LogP contribution in [0.1, 0.15) is 54.6 Å². The summed E-state index contributed by atoms with van der Waals surface area (Å²) in [6, 6.07) is 22.4. The third kappa shape index (κ3) is 7.97. The maximum atomic E-state index is 14.1. The zero-order valence-corrected chi connectivity index (χ0v) is 23.9. The molecule has 2 unspecified atom stereocenters. The highest BCUT2D eigenvalue weighted by Gasteiger charge is 2.37. The van der Waals surface area contributed by atoms with E-state index in [0.717, 1.165) is 27.2 Å². The molecule has 0 saturated heterocycles. The number of alkyl carbamates (subject to hydrolysis) is 1. The summed E-state index contributed by atoms with van der Waals surface area (Å²) in [5, 5.41) is 5.63. The van der Waals surface area contributed by atoms with E-state index in [9.17, 15) is 14.4 Å². The number of rotatable bonds is 8. The minimum Gasteiger partial charge on any atom is -0.444 e. The van der Waals surface area contributed by atoms with Gasteiger partial charge in [-0.15, -0.1) is 0 Å². The lowest BCUT2D eigenvalue weighted by Gasteiger charge is -2.31. The van der Waals surface area contributed by atoms with Gasteiger partial charge in [0.25, 0.3) is 11.8 Å². The number of hydrogen-bond donors (Lipinski definition) is 2. The summed E-state index contributed by atoms with van der Waals surface area (Å²) in [4.78, 5) is 41.9. The molecule has 2 atom stereocenters. The maximum Gasteiger partial charge on any atom is 0.408 e. The van der Waals surface area contributed by atoms with Gasteiger partial charge in [0.2, 0.25) is 0 Å². The first-order valence-corrected chi connectivity index (χ1v) is 13.2. The van der Waals surface area contributed by atoms with Gasteiger partial charge in [-0.05, 0) is 69.9 Å². The fourth-order valence-corrected chi connectivity index (χ4v) is 4.38. The van der Waals surface area contributed by atoms with Crippen molar-refractivity contribution in [2.24, 2.45) is 0 Å². The van der Waals surface area contributed by atoms with Crippen LogP contribution in [0.5, 0.6) is 0 Å². The van der Waals surface area contributed by atoms with Gasteiger partial charge in [0.15, 0.2) is 0 Å². The summed E-state index contributed by atoms with van der Waals surface area (Å²) in [5.41, 5.74) is 3.90. The average molecular weight is 540 g/mol. The van der Waals surface area contributed by atoms with Crippen molar-refractivity contribution in [1.82, 2.24) is 10.2 Å². The van der Waals surface area contributed by atoms with E-state index in [1.165, 1.54) is 0 Å². The van der Waals surface area contributed by atoms with Crippen LogP contribution in [0.2, 0.25) is 0 Å². The molecule has 0 bridgehead atoms. The minimum absolute atomic E-state index is 0.149. The van der Waals surface area contributed by atoms with Crippen molar-refractivity contribution in [2.45, 2.75) is 65.6 Å². The van der Waals surface area contributed by atoms with Gasteiger partial charge in [0, 0.05) is 18.2 Å². The molecule has 0 aliphatic heterocycles. The zero-order valence-electron chi connectivity index (χ0n) is 23.9. The summed E-state index contributed by atoms with van der Waals surface area (Å²) in [6.07, 6.45) is 5.34. The Morgan fingerprint density at radius 1 is 0.925 bits per heavy atom. The average Bonchev–Trinajstić information content (AvgIpc) is 2.88. The van der Waals surface area contributed by atoms with Gasteiger partial charge in [-0.2, -0.15) is 0 Å². The summed E-state index contributed by atoms with van der Waals surface area (Å²) < 4.78 is 5.43. The fraction of sp³-hybridized carbons (Fsp3) is 0.303. The highest BCUT2D eigenvalue weighted by atomic mass is 16.6. The van der Waals surface area contributed by atoms with Crippen molar-refractivity contribution < 1.29 is 19.1 Å². The molecule has 2 N–H and O–H groups in total. The van der Waals surface area contributed by atoms with E-state index in [0.29, 0.717) is 11.3 Å². The van der Waals surface area contributed by atoms with Crippen LogP contribution in [0.4, 0.5) is 10.5 Å². The van der Waals surface area contributed by atoms with E-state index in [1.807, 2.05) is 81.4 Å². The first-order chi connectivity index (χ1) is 18.9. The van der Waals surface area contributed by atoms with Gasteiger partial charge in [-0.1, -0.05) is 78.7 Å². The molecular formula is C33H37N3O4. The van der Waals surface area contributed by atoms with Crippen molar-refractivity contribution in [3.63, 3.8) is 0 Å². The quantitative estimate of drug-likeness (QED) is 0.278. The Hall–Kier alpha value is -4.57. The van der Waals surface area contributed by atoms with Crippen LogP contribution in [-0.4, -0.2) is 34.5 Å². The number of ether oxygens (including phenoxy) is 1. The Morgan fingerprint density at radius 2 is 1.57 bits per heavy atom. The number of terminal acetylenes is 1. The minimum atomic E-state index is -1.16. The first kappa shape index (κ1) is 30.0. The molecule has 0 aliphatic rings. The third-order valence-electron chi connectivity index (χ3n) is 6.28. The van der Waals surface area contributed by atoms with E-state index < -0.39 is 35.6 Å². The van der Waals surface area contributed by atoms with Crippen LogP contribution >= 0.6 is 0 Å². The van der Waals surface area contributed by atoms with E-state index >= 15 is 0 Å². The number of hydrogen-bond acceptors (Lipinski definition) is 4. The summed E-state index contributed by atoms with van der Waals surface area (Å²) in [5.74, 6) is -1.08. The molecule has 7 nitrogen and oxygen atoms in total. The van der Waals surface area contributed by atoms with E-state index in [-0.39, 0.29) is 6.42 Å². The zero-order chi connectivity index (χ0) is 29.4. The van der Waals surface area contributed by atoms with Gasteiger partial charge in [0.1, 0.15) is 17.7 Å². The van der Waals surface area contributed by atoms with E-state index in [2.05, 4.69) is 16.7 Å². The third-order valence-corrected chi connectivity index (χ3v) is 6.28. The van der Waals surface area contributed by atoms with Gasteiger partial charge in [-0.25, -0.2) is 4.79 Å². The summed E-state index contributed by atoms with van der Waals surface area (Å²) >= 11 is 0. The molecule has 40 heavy (non-hydrogen) atoms. The predicted octanol–water partition coefficient (Wildman–Crippen LogP) is 5.85. The first-order valence-electron chi connectivity index (χ1n) is 13.2. The molecular weight excluding hydrogens is 502 g/mol. The van der Waals surface area contributed by atoms with Crippen LogP contribution in [0.3, 0.4) is 0 Å². The highest BCUT2D eigenvalue weighted by Crippen LogP contribution is 2.28. The lowest BCUT2D eigenvalue weighted by Crippen LogP contribution is -2.51. The number of carbonyl (C=O) groups excluding carboxylic acids is 3. The number of benzene rings is 3. The monoisotopic (exact) mass is 539 g/mol. The van der Waals surface area contributed by atoms with E-state index in [4.69, 9.17) is 11.2 Å². The second-order valence-electron chi connectivity index (χ2n) is 10.8. The van der Waals surface area contributed by atoms with Crippen LogP contribution in [0.25, 0.3) is 0 Å². The molecule has 0 spiro atoms. The Labute approximate surface area is 236 Å². The second-order valence-corrected chi connectivity index (χ2v) is 10.8. The standard InChI is InChI=1S/C33H37N3O4/c1-8-36(31(38)28(21-25-15-10-9-11-16-25)35-32(39)40-33(5,6)7)29(26-19-18-22(2)20-24(26)4)30(37)34-27-17-13-12-14-23(27)3/h1,9-20,28-29H,21H2,2-7H3,(H,34,37)(H,35,39). The number of carbonyl (C=O) groups is 3. The van der Waals surface area contributed by atoms with Gasteiger partial charge in [-0.3, -0.25) is 14.5 Å². The second kappa shape index (κ2) is 13.0. The largest absolute Gasteiger partial charge is 0.444 e. The number of para-hydroxylation sites is 1. The van der Waals surface area contributed by atoms with Gasteiger partial charge >= 0.3 is 6.09 Å². The molecule has 0 heterocycles. The Balaban J connectivity index is 2.05. The SMILES string of the molecule is C#CN(C(=O)C(Cc1ccccc1)NC(=O)OC(C)(C)C)C(C(=O)Nc1ccccc1C)c1ccc(C)cc1C. The predicted molar refractivity (Wildman–Crippen MR) is 157 cm³/mol. The normalized spacial score (nSPS) is 12.4.